The Bertz CT molecular complexity index is 722. The molecule has 0 spiro atoms. The smallest absolute Gasteiger partial charge is 0.297 e. The number of aliphatic hydroxyl groups is 1. The standard InChI is InChI=1S/C14H12F2N4O/c15-11(16)12-18-10-4-2-1-3-9(10)13(19-12)20-7-14(21,8-20)5-6-17/h1-4,11,21H,5,7-8H2. The van der Waals surface area contributed by atoms with Gasteiger partial charge in [0.25, 0.3) is 6.43 Å². The average molecular weight is 290 g/mol. The van der Waals surface area contributed by atoms with Crippen LogP contribution in [0.5, 0.6) is 0 Å². The van der Waals surface area contributed by atoms with E-state index in [1.54, 1.807) is 29.2 Å². The van der Waals surface area contributed by atoms with Gasteiger partial charge in [-0.15, -0.1) is 0 Å². The Morgan fingerprint density at radius 1 is 1.33 bits per heavy atom. The number of benzene rings is 1. The molecule has 3 rings (SSSR count). The molecule has 21 heavy (non-hydrogen) atoms. The van der Waals surface area contributed by atoms with Crippen LogP contribution in [-0.4, -0.2) is 33.8 Å². The minimum absolute atomic E-state index is 0.00816. The number of hydrogen-bond donors (Lipinski definition) is 1. The molecule has 1 aliphatic heterocycles. The first-order chi connectivity index (χ1) is 10.0. The van der Waals surface area contributed by atoms with Crippen molar-refractivity contribution in [3.05, 3.63) is 30.1 Å². The minimum atomic E-state index is -2.76. The van der Waals surface area contributed by atoms with Crippen molar-refractivity contribution in [1.29, 1.82) is 5.26 Å². The molecule has 0 amide bonds. The normalized spacial score (nSPS) is 16.8. The van der Waals surface area contributed by atoms with Gasteiger partial charge in [0.2, 0.25) is 0 Å². The third kappa shape index (κ3) is 2.38. The van der Waals surface area contributed by atoms with Gasteiger partial charge in [-0.1, -0.05) is 12.1 Å². The average Bonchev–Trinajstić information content (AvgIpc) is 2.43. The van der Waals surface area contributed by atoms with Crippen molar-refractivity contribution in [2.45, 2.75) is 18.4 Å². The number of β-amino-alcohol motifs (C(OH)–C–C–N with tert-alkyl or cyclic N) is 1. The summed E-state index contributed by atoms with van der Waals surface area (Å²) in [6, 6.07) is 8.81. The van der Waals surface area contributed by atoms with Crippen LogP contribution >= 0.6 is 0 Å². The highest BCUT2D eigenvalue weighted by Crippen LogP contribution is 2.34. The molecule has 0 bridgehead atoms. The zero-order valence-electron chi connectivity index (χ0n) is 11.0. The van der Waals surface area contributed by atoms with Crippen LogP contribution in [0.3, 0.4) is 0 Å². The van der Waals surface area contributed by atoms with Crippen molar-refractivity contribution in [2.24, 2.45) is 0 Å². The molecule has 0 unspecified atom stereocenters. The fourth-order valence-electron chi connectivity index (χ4n) is 2.49. The molecule has 2 heterocycles. The third-order valence-electron chi connectivity index (χ3n) is 3.47. The maximum atomic E-state index is 12.9. The maximum Gasteiger partial charge on any atom is 0.297 e. The summed E-state index contributed by atoms with van der Waals surface area (Å²) >= 11 is 0. The molecule has 0 aliphatic carbocycles. The van der Waals surface area contributed by atoms with Crippen molar-refractivity contribution in [3.8, 4) is 6.07 Å². The zero-order valence-corrected chi connectivity index (χ0v) is 11.0. The summed E-state index contributed by atoms with van der Waals surface area (Å²) in [7, 11) is 0. The Balaban J connectivity index is 2.01. The Morgan fingerprint density at radius 2 is 2.05 bits per heavy atom. The summed E-state index contributed by atoms with van der Waals surface area (Å²) in [5.41, 5.74) is -0.653. The molecule has 1 fully saturated rings. The van der Waals surface area contributed by atoms with Crippen LogP contribution in [0.1, 0.15) is 18.7 Å². The van der Waals surface area contributed by atoms with Gasteiger partial charge in [0.1, 0.15) is 11.4 Å². The van der Waals surface area contributed by atoms with E-state index in [2.05, 4.69) is 9.97 Å². The molecular weight excluding hydrogens is 278 g/mol. The lowest BCUT2D eigenvalue weighted by Gasteiger charge is -2.46. The van der Waals surface area contributed by atoms with E-state index in [9.17, 15) is 13.9 Å². The zero-order chi connectivity index (χ0) is 15.0. The van der Waals surface area contributed by atoms with Crippen molar-refractivity contribution in [1.82, 2.24) is 9.97 Å². The van der Waals surface area contributed by atoms with E-state index in [0.717, 1.165) is 0 Å². The number of fused-ring (bicyclic) bond motifs is 1. The molecule has 1 aliphatic rings. The largest absolute Gasteiger partial charge is 0.385 e. The molecule has 0 radical (unpaired) electrons. The number of anilines is 1. The summed E-state index contributed by atoms with van der Waals surface area (Å²) in [5, 5.41) is 19.3. The second-order valence-electron chi connectivity index (χ2n) is 5.14. The maximum absolute atomic E-state index is 12.9. The highest BCUT2D eigenvalue weighted by Gasteiger charge is 2.42. The van der Waals surface area contributed by atoms with Gasteiger partial charge in [0.05, 0.1) is 31.1 Å². The lowest BCUT2D eigenvalue weighted by molar-refractivity contribution is 0.0163. The number of aromatic nitrogens is 2. The molecular formula is C14H12F2N4O. The van der Waals surface area contributed by atoms with Crippen molar-refractivity contribution in [3.63, 3.8) is 0 Å². The van der Waals surface area contributed by atoms with E-state index in [0.29, 0.717) is 16.7 Å². The summed E-state index contributed by atoms with van der Waals surface area (Å²) in [5.74, 6) is -0.155. The van der Waals surface area contributed by atoms with E-state index >= 15 is 0 Å². The number of nitrogens with zero attached hydrogens (tertiary/aromatic N) is 4. The van der Waals surface area contributed by atoms with Crippen LogP contribution in [0.4, 0.5) is 14.6 Å². The molecule has 1 aromatic carbocycles. The fraction of sp³-hybridized carbons (Fsp3) is 0.357. The van der Waals surface area contributed by atoms with Gasteiger partial charge in [-0.2, -0.15) is 5.26 Å². The molecule has 5 nitrogen and oxygen atoms in total. The van der Waals surface area contributed by atoms with E-state index in [1.165, 1.54) is 0 Å². The van der Waals surface area contributed by atoms with Crippen LogP contribution in [0, 0.1) is 11.3 Å². The second kappa shape index (κ2) is 4.90. The predicted octanol–water partition coefficient (Wildman–Crippen LogP) is 2.03. The van der Waals surface area contributed by atoms with Gasteiger partial charge in [0, 0.05) is 5.39 Å². The van der Waals surface area contributed by atoms with Crippen molar-refractivity contribution >= 4 is 16.7 Å². The molecule has 7 heteroatoms. The first-order valence-electron chi connectivity index (χ1n) is 6.41. The number of halogens is 2. The van der Waals surface area contributed by atoms with Gasteiger partial charge in [-0.25, -0.2) is 18.7 Å². The minimum Gasteiger partial charge on any atom is -0.385 e. The lowest BCUT2D eigenvalue weighted by Crippen LogP contribution is -2.62. The predicted molar refractivity (Wildman–Crippen MR) is 71.9 cm³/mol. The first-order valence-corrected chi connectivity index (χ1v) is 6.41. The van der Waals surface area contributed by atoms with E-state index in [1.807, 2.05) is 6.07 Å². The van der Waals surface area contributed by atoms with E-state index in [4.69, 9.17) is 5.26 Å². The third-order valence-corrected chi connectivity index (χ3v) is 3.47. The summed E-state index contributed by atoms with van der Waals surface area (Å²) in [4.78, 5) is 9.45. The quantitative estimate of drug-likeness (QED) is 0.936. The summed E-state index contributed by atoms with van der Waals surface area (Å²) in [6.45, 7) is 0.397. The van der Waals surface area contributed by atoms with Crippen molar-refractivity contribution < 1.29 is 13.9 Å². The number of nitriles is 1. The summed E-state index contributed by atoms with van der Waals surface area (Å²) < 4.78 is 25.8. The Labute approximate surface area is 119 Å². The highest BCUT2D eigenvalue weighted by atomic mass is 19.3. The summed E-state index contributed by atoms with van der Waals surface area (Å²) in [6.07, 6.45) is -2.75. The van der Waals surface area contributed by atoms with Gasteiger partial charge < -0.3 is 10.0 Å². The number of rotatable bonds is 3. The fourth-order valence-corrected chi connectivity index (χ4v) is 2.49. The molecule has 1 saturated heterocycles. The second-order valence-corrected chi connectivity index (χ2v) is 5.14. The van der Waals surface area contributed by atoms with Gasteiger partial charge in [-0.05, 0) is 12.1 Å². The Morgan fingerprint density at radius 3 is 2.71 bits per heavy atom. The van der Waals surface area contributed by atoms with Gasteiger partial charge in [-0.3, -0.25) is 0 Å². The SMILES string of the molecule is N#CCC1(O)CN(c2nc(C(F)F)nc3ccccc23)C1. The Hall–Kier alpha value is -2.33. The molecule has 0 atom stereocenters. The molecule has 0 saturated carbocycles. The van der Waals surface area contributed by atoms with Gasteiger partial charge >= 0.3 is 0 Å². The number of para-hydroxylation sites is 1. The van der Waals surface area contributed by atoms with E-state index < -0.39 is 17.9 Å². The molecule has 2 aromatic rings. The number of alkyl halides is 2. The number of hydrogen-bond acceptors (Lipinski definition) is 5. The van der Waals surface area contributed by atoms with Crippen LogP contribution < -0.4 is 4.90 Å². The van der Waals surface area contributed by atoms with Gasteiger partial charge in [0.15, 0.2) is 5.82 Å². The Kier molecular flexibility index (Phi) is 3.18. The monoisotopic (exact) mass is 290 g/mol. The van der Waals surface area contributed by atoms with Crippen LogP contribution in [0.15, 0.2) is 24.3 Å². The topological polar surface area (TPSA) is 73.0 Å². The van der Waals surface area contributed by atoms with Crippen LogP contribution in [-0.2, 0) is 0 Å². The van der Waals surface area contributed by atoms with Crippen LogP contribution in [0.25, 0.3) is 10.9 Å². The molecule has 1 N–H and O–H groups in total. The van der Waals surface area contributed by atoms with Crippen LogP contribution in [0.2, 0.25) is 0 Å². The lowest BCUT2D eigenvalue weighted by atomic mass is 9.91. The first kappa shape index (κ1) is 13.6. The molecule has 108 valence electrons. The van der Waals surface area contributed by atoms with E-state index in [-0.39, 0.29) is 19.5 Å². The van der Waals surface area contributed by atoms with Crippen molar-refractivity contribution in [2.75, 3.05) is 18.0 Å². The highest BCUT2D eigenvalue weighted by molar-refractivity contribution is 5.90. The molecule has 1 aromatic heterocycles.